The molecule has 1 nitrogen and oxygen atoms in total. The Kier molecular flexibility index (Phi) is 5.62. The van der Waals surface area contributed by atoms with Gasteiger partial charge in [0, 0.05) is 27.9 Å². The number of fused-ring (bicyclic) bond motifs is 1. The number of benzene rings is 2. The van der Waals surface area contributed by atoms with Crippen molar-refractivity contribution in [2.24, 2.45) is 0 Å². The van der Waals surface area contributed by atoms with Crippen molar-refractivity contribution in [3.05, 3.63) is 57.2 Å². The predicted octanol–water partition coefficient (Wildman–Crippen LogP) is 8.28. The highest BCUT2D eigenvalue weighted by Crippen LogP contribution is 2.45. The molecule has 1 aromatic heterocycles. The Labute approximate surface area is 173 Å². The second kappa shape index (κ2) is 7.15. The van der Waals surface area contributed by atoms with E-state index >= 15 is 0 Å². The Bertz CT molecular complexity index is 838. The highest BCUT2D eigenvalue weighted by Gasteiger charge is 2.15. The summed E-state index contributed by atoms with van der Waals surface area (Å²) in [6, 6.07) is 8.15. The fraction of sp³-hybridized carbons (Fsp3) is 0. The minimum absolute atomic E-state index is 0.961. The van der Waals surface area contributed by atoms with Crippen LogP contribution in [0.5, 0.6) is 0 Å². The molecular weight excluding hydrogens is 626 g/mol. The summed E-state index contributed by atoms with van der Waals surface area (Å²) >= 11 is 19.6. The van der Waals surface area contributed by atoms with Gasteiger partial charge in [-0.1, -0.05) is 12.1 Å². The van der Waals surface area contributed by atoms with Crippen molar-refractivity contribution in [2.45, 2.75) is 0 Å². The lowest BCUT2D eigenvalue weighted by molar-refractivity contribution is 1.42. The van der Waals surface area contributed by atoms with Crippen LogP contribution in [0, 0.1) is 0 Å². The summed E-state index contributed by atoms with van der Waals surface area (Å²) in [6.45, 7) is 0. The zero-order chi connectivity index (χ0) is 15.9. The molecule has 0 spiro atoms. The molecule has 0 atom stereocenters. The summed E-state index contributed by atoms with van der Waals surface area (Å²) in [7, 11) is 0. The molecule has 2 aromatic carbocycles. The normalized spacial score (nSPS) is 11.7. The summed E-state index contributed by atoms with van der Waals surface area (Å²) in [6.07, 6.45) is 4.08. The van der Waals surface area contributed by atoms with Crippen LogP contribution in [0.4, 0.5) is 0 Å². The van der Waals surface area contributed by atoms with Crippen LogP contribution in [0.25, 0.3) is 22.4 Å². The number of aromatic nitrogens is 1. The molecule has 0 saturated heterocycles. The highest BCUT2D eigenvalue weighted by atomic mass is 79.9. The minimum Gasteiger partial charge on any atom is -0.237 e. The van der Waals surface area contributed by atoms with Crippen molar-refractivity contribution < 1.29 is 0 Å². The van der Waals surface area contributed by atoms with E-state index < -0.39 is 0 Å². The van der Waals surface area contributed by atoms with E-state index in [9.17, 15) is 0 Å². The van der Waals surface area contributed by atoms with Crippen molar-refractivity contribution in [2.75, 3.05) is 0 Å². The van der Waals surface area contributed by atoms with E-state index in [0.29, 0.717) is 0 Å². The molecule has 3 rings (SSSR count). The van der Waals surface area contributed by atoms with Crippen LogP contribution in [0.2, 0.25) is 0 Å². The molecule has 0 aliphatic heterocycles. The fourth-order valence-electron chi connectivity index (χ4n) is 1.88. The third-order valence-corrected chi connectivity index (χ3v) is 10.1. The zero-order valence-corrected chi connectivity index (χ0v) is 19.5. The van der Waals surface area contributed by atoms with Gasteiger partial charge in [-0.05, 0) is 104 Å². The van der Waals surface area contributed by atoms with E-state index in [2.05, 4.69) is 90.7 Å². The van der Waals surface area contributed by atoms with Crippen molar-refractivity contribution in [3.8, 4) is 0 Å². The average Bonchev–Trinajstić information content (AvgIpc) is 2.94. The highest BCUT2D eigenvalue weighted by molar-refractivity contribution is 9.15. The maximum absolute atomic E-state index is 4.62. The lowest BCUT2D eigenvalue weighted by Crippen LogP contribution is -1.86. The molecule has 0 fully saturated rings. The molecule has 1 heterocycles. The van der Waals surface area contributed by atoms with Gasteiger partial charge < -0.3 is 0 Å². The van der Waals surface area contributed by atoms with Gasteiger partial charge in [-0.2, -0.15) is 0 Å². The van der Waals surface area contributed by atoms with Gasteiger partial charge in [0.05, 0.1) is 10.2 Å². The summed E-state index contributed by atoms with van der Waals surface area (Å²) in [4.78, 5) is 4.62. The van der Waals surface area contributed by atoms with Crippen LogP contribution in [-0.4, -0.2) is 4.98 Å². The van der Waals surface area contributed by atoms with E-state index in [4.69, 9.17) is 0 Å². The van der Waals surface area contributed by atoms with E-state index in [1.807, 2.05) is 30.4 Å². The van der Waals surface area contributed by atoms with Gasteiger partial charge in [-0.15, -0.1) is 11.3 Å². The first-order chi connectivity index (χ1) is 10.5. The van der Waals surface area contributed by atoms with Crippen molar-refractivity contribution in [3.63, 3.8) is 0 Å². The third-order valence-electron chi connectivity index (χ3n) is 2.95. The van der Waals surface area contributed by atoms with Crippen molar-refractivity contribution in [1.82, 2.24) is 4.98 Å². The average molecular weight is 632 g/mol. The molecule has 0 aliphatic rings. The molecule has 0 saturated carbocycles. The Morgan fingerprint density at radius 3 is 2.00 bits per heavy atom. The number of para-hydroxylation sites is 1. The fourth-order valence-corrected chi connectivity index (χ4v) is 6.10. The SMILES string of the molecule is Brc1c(Br)c(Br)c(C=Cc2nc3ccccc3s2)c(Br)c1Br. The quantitative estimate of drug-likeness (QED) is 0.205. The number of rotatable bonds is 2. The molecule has 0 N–H and O–H groups in total. The maximum Gasteiger partial charge on any atom is 0.117 e. The second-order valence-electron chi connectivity index (χ2n) is 4.34. The Balaban J connectivity index is 2.06. The predicted molar refractivity (Wildman–Crippen MR) is 113 cm³/mol. The molecule has 22 heavy (non-hydrogen) atoms. The van der Waals surface area contributed by atoms with E-state index in [-0.39, 0.29) is 0 Å². The molecular formula is C15H6Br5NS. The number of hydrogen-bond donors (Lipinski definition) is 0. The number of nitrogens with zero attached hydrogens (tertiary/aromatic N) is 1. The third kappa shape index (κ3) is 3.30. The van der Waals surface area contributed by atoms with Crippen LogP contribution < -0.4 is 0 Å². The van der Waals surface area contributed by atoms with Gasteiger partial charge in [0.15, 0.2) is 0 Å². The monoisotopic (exact) mass is 627 g/mol. The first-order valence-electron chi connectivity index (χ1n) is 6.04. The Morgan fingerprint density at radius 2 is 1.36 bits per heavy atom. The van der Waals surface area contributed by atoms with Gasteiger partial charge >= 0.3 is 0 Å². The van der Waals surface area contributed by atoms with Crippen LogP contribution in [0.15, 0.2) is 46.6 Å². The largest absolute Gasteiger partial charge is 0.237 e. The molecule has 7 heteroatoms. The van der Waals surface area contributed by atoms with Crippen LogP contribution >= 0.6 is 91.0 Å². The van der Waals surface area contributed by atoms with Gasteiger partial charge in [-0.3, -0.25) is 0 Å². The van der Waals surface area contributed by atoms with Crippen LogP contribution in [-0.2, 0) is 0 Å². The number of thiazole rings is 1. The maximum atomic E-state index is 4.62. The van der Waals surface area contributed by atoms with Crippen LogP contribution in [0.1, 0.15) is 10.6 Å². The summed E-state index contributed by atoms with van der Waals surface area (Å²) in [5, 5.41) is 0.982. The summed E-state index contributed by atoms with van der Waals surface area (Å²) in [5.74, 6) is 0. The summed E-state index contributed by atoms with van der Waals surface area (Å²) < 4.78 is 6.04. The topological polar surface area (TPSA) is 12.9 Å². The molecule has 0 radical (unpaired) electrons. The van der Waals surface area contributed by atoms with E-state index in [0.717, 1.165) is 38.5 Å². The second-order valence-corrected chi connectivity index (χ2v) is 9.36. The molecule has 0 bridgehead atoms. The van der Waals surface area contributed by atoms with E-state index in [1.165, 1.54) is 4.70 Å². The van der Waals surface area contributed by atoms with Crippen molar-refractivity contribution >= 4 is 113 Å². The first kappa shape index (κ1) is 17.3. The molecule has 0 unspecified atom stereocenters. The first-order valence-corrected chi connectivity index (χ1v) is 10.8. The summed E-state index contributed by atoms with van der Waals surface area (Å²) in [5.41, 5.74) is 2.07. The molecule has 3 aromatic rings. The molecule has 112 valence electrons. The minimum atomic E-state index is 0.961. The van der Waals surface area contributed by atoms with Gasteiger partial charge in [0.1, 0.15) is 5.01 Å². The Hall–Kier alpha value is 0.470. The van der Waals surface area contributed by atoms with Gasteiger partial charge in [0.2, 0.25) is 0 Å². The van der Waals surface area contributed by atoms with Crippen LogP contribution in [0.3, 0.4) is 0 Å². The smallest absolute Gasteiger partial charge is 0.117 e. The number of hydrogen-bond acceptors (Lipinski definition) is 2. The molecule has 0 amide bonds. The van der Waals surface area contributed by atoms with E-state index in [1.54, 1.807) is 11.3 Å². The van der Waals surface area contributed by atoms with Gasteiger partial charge in [0.25, 0.3) is 0 Å². The Morgan fingerprint density at radius 1 is 0.773 bits per heavy atom. The zero-order valence-electron chi connectivity index (χ0n) is 10.7. The standard InChI is InChI=1S/C15H6Br5NS/c16-11-7(12(17)14(19)15(20)13(11)18)5-6-10-21-8-3-1-2-4-9(8)22-10/h1-6H. The lowest BCUT2D eigenvalue weighted by atomic mass is 10.2. The molecule has 0 aliphatic carbocycles. The van der Waals surface area contributed by atoms with Crippen molar-refractivity contribution in [1.29, 1.82) is 0 Å². The van der Waals surface area contributed by atoms with Gasteiger partial charge in [-0.25, -0.2) is 4.98 Å². The number of halogens is 5. The lowest BCUT2D eigenvalue weighted by Gasteiger charge is -2.10.